The van der Waals surface area contributed by atoms with Crippen molar-refractivity contribution in [2.45, 2.75) is 18.7 Å². The van der Waals surface area contributed by atoms with Crippen LogP contribution in [0.5, 0.6) is 0 Å². The van der Waals surface area contributed by atoms with Crippen molar-refractivity contribution in [2.24, 2.45) is 5.73 Å². The smallest absolute Gasteiger partial charge is 0.313 e. The largest absolute Gasteiger partial charge is 0.361 e. The first kappa shape index (κ1) is 16.6. The summed E-state index contributed by atoms with van der Waals surface area (Å²) in [5, 5.41) is 12.6. The maximum Gasteiger partial charge on any atom is 0.313 e. The van der Waals surface area contributed by atoms with Crippen LogP contribution in [0.15, 0.2) is 17.0 Å². The van der Waals surface area contributed by atoms with E-state index in [4.69, 9.17) is 5.73 Å². The molecular weight excluding hydrogens is 302 g/mol. The van der Waals surface area contributed by atoms with Crippen molar-refractivity contribution in [2.75, 3.05) is 11.2 Å². The molecule has 0 saturated heterocycles. The summed E-state index contributed by atoms with van der Waals surface area (Å²) in [6.45, 7) is 2.86. The van der Waals surface area contributed by atoms with E-state index in [1.54, 1.807) is 0 Å². The lowest BCUT2D eigenvalue weighted by Crippen LogP contribution is -2.29. The van der Waals surface area contributed by atoms with Gasteiger partial charge in [-0.3, -0.25) is 19.7 Å². The molecule has 0 aromatic heterocycles. The van der Waals surface area contributed by atoms with Crippen molar-refractivity contribution >= 4 is 27.3 Å². The molecule has 0 atom stereocenters. The molecule has 0 unspecified atom stereocenters. The van der Waals surface area contributed by atoms with E-state index >= 15 is 0 Å². The van der Waals surface area contributed by atoms with E-state index in [0.29, 0.717) is 0 Å². The average Bonchev–Trinajstić information content (AvgIpc) is 2.24. The molecule has 0 aliphatic rings. The molecule has 114 valence electrons. The fraction of sp³-hybridized carbons (Fsp3) is 0.273. The number of sulfone groups is 1. The molecule has 21 heavy (non-hydrogen) atoms. The first-order chi connectivity index (χ1) is 9.54. The molecule has 0 heterocycles. The van der Waals surface area contributed by atoms with Crippen LogP contribution in [0.2, 0.25) is 0 Å². The number of benzene rings is 1. The molecule has 10 heteroatoms. The SMILES string of the molecule is Cc1cc(NC(=O)C(N)=O)cc(C)c1S(=O)(=O)C[N+](=O)[O-]. The molecule has 0 radical (unpaired) electrons. The van der Waals surface area contributed by atoms with Crippen molar-refractivity contribution in [3.05, 3.63) is 33.4 Å². The van der Waals surface area contributed by atoms with Gasteiger partial charge in [-0.1, -0.05) is 0 Å². The third kappa shape index (κ3) is 3.99. The second-order valence-electron chi connectivity index (χ2n) is 4.33. The van der Waals surface area contributed by atoms with Crippen LogP contribution < -0.4 is 11.1 Å². The van der Waals surface area contributed by atoms with Gasteiger partial charge in [0.15, 0.2) is 0 Å². The van der Waals surface area contributed by atoms with Crippen molar-refractivity contribution in [3.8, 4) is 0 Å². The van der Waals surface area contributed by atoms with Gasteiger partial charge >= 0.3 is 17.7 Å². The first-order valence-corrected chi connectivity index (χ1v) is 7.26. The van der Waals surface area contributed by atoms with E-state index in [0.717, 1.165) is 0 Å². The summed E-state index contributed by atoms with van der Waals surface area (Å²) in [6.07, 6.45) is 0. The topological polar surface area (TPSA) is 149 Å². The number of primary amides is 1. The zero-order valence-corrected chi connectivity index (χ0v) is 12.1. The Hall–Kier alpha value is -2.49. The molecule has 0 aliphatic carbocycles. The van der Waals surface area contributed by atoms with Gasteiger partial charge in [0, 0.05) is 10.6 Å². The maximum atomic E-state index is 11.9. The number of hydrogen-bond donors (Lipinski definition) is 2. The summed E-state index contributed by atoms with van der Waals surface area (Å²) in [5.74, 6) is -3.45. The van der Waals surface area contributed by atoms with E-state index in [-0.39, 0.29) is 21.7 Å². The predicted molar refractivity (Wildman–Crippen MR) is 72.8 cm³/mol. The molecule has 0 bridgehead atoms. The second-order valence-corrected chi connectivity index (χ2v) is 6.23. The molecule has 0 aliphatic heterocycles. The van der Waals surface area contributed by atoms with Gasteiger partial charge in [-0.05, 0) is 37.1 Å². The predicted octanol–water partition coefficient (Wildman–Crippen LogP) is -0.265. The molecule has 0 saturated carbocycles. The molecule has 2 amide bonds. The van der Waals surface area contributed by atoms with E-state index in [1.807, 2.05) is 0 Å². The Labute approximate surface area is 120 Å². The zero-order valence-electron chi connectivity index (χ0n) is 11.2. The highest BCUT2D eigenvalue weighted by Gasteiger charge is 2.26. The van der Waals surface area contributed by atoms with Gasteiger partial charge in [0.2, 0.25) is 9.84 Å². The minimum absolute atomic E-state index is 0.170. The van der Waals surface area contributed by atoms with Crippen LogP contribution in [-0.4, -0.2) is 31.0 Å². The fourth-order valence-corrected chi connectivity index (χ4v) is 3.41. The Bertz CT molecular complexity index is 702. The number of hydrogen-bond acceptors (Lipinski definition) is 6. The van der Waals surface area contributed by atoms with Crippen LogP contribution in [0, 0.1) is 24.0 Å². The van der Waals surface area contributed by atoms with E-state index < -0.39 is 32.5 Å². The van der Waals surface area contributed by atoms with Crippen molar-refractivity contribution in [1.29, 1.82) is 0 Å². The van der Waals surface area contributed by atoms with Gasteiger partial charge in [0.05, 0.1) is 4.90 Å². The van der Waals surface area contributed by atoms with Crippen molar-refractivity contribution in [3.63, 3.8) is 0 Å². The average molecular weight is 315 g/mol. The number of carbonyl (C=O) groups excluding carboxylic acids is 2. The third-order valence-corrected chi connectivity index (χ3v) is 4.35. The molecule has 3 N–H and O–H groups in total. The Morgan fingerprint density at radius 3 is 2.14 bits per heavy atom. The molecule has 1 aromatic rings. The van der Waals surface area contributed by atoms with Gasteiger partial charge in [0.1, 0.15) is 0 Å². The lowest BCUT2D eigenvalue weighted by Gasteiger charge is -2.11. The number of rotatable bonds is 4. The van der Waals surface area contributed by atoms with Crippen molar-refractivity contribution in [1.82, 2.24) is 0 Å². The van der Waals surface area contributed by atoms with Gasteiger partial charge in [-0.15, -0.1) is 0 Å². The lowest BCUT2D eigenvalue weighted by atomic mass is 10.1. The van der Waals surface area contributed by atoms with Crippen LogP contribution in [0.4, 0.5) is 5.69 Å². The number of anilines is 1. The molecule has 1 rings (SSSR count). The molecular formula is C11H13N3O6S. The number of nitro groups is 1. The van der Waals surface area contributed by atoms with E-state index in [2.05, 4.69) is 5.32 Å². The van der Waals surface area contributed by atoms with Crippen molar-refractivity contribution < 1.29 is 22.9 Å². The van der Waals surface area contributed by atoms with Gasteiger partial charge in [0.25, 0.3) is 0 Å². The van der Waals surface area contributed by atoms with Crippen LogP contribution in [0.25, 0.3) is 0 Å². The zero-order chi connectivity index (χ0) is 16.4. The summed E-state index contributed by atoms with van der Waals surface area (Å²) < 4.78 is 23.8. The normalized spacial score (nSPS) is 11.0. The van der Waals surface area contributed by atoms with Gasteiger partial charge < -0.3 is 11.1 Å². The molecule has 0 spiro atoms. The molecule has 9 nitrogen and oxygen atoms in total. The minimum Gasteiger partial charge on any atom is -0.361 e. The highest BCUT2D eigenvalue weighted by Crippen LogP contribution is 2.25. The number of nitrogens with one attached hydrogen (secondary N) is 1. The highest BCUT2D eigenvalue weighted by atomic mass is 32.2. The van der Waals surface area contributed by atoms with Gasteiger partial charge in [-0.2, -0.15) is 0 Å². The number of nitrogens with two attached hydrogens (primary N) is 1. The molecule has 1 aromatic carbocycles. The second kappa shape index (κ2) is 5.87. The number of nitrogens with zero attached hydrogens (tertiary/aromatic N) is 1. The Morgan fingerprint density at radius 1 is 1.29 bits per heavy atom. The van der Waals surface area contributed by atoms with Crippen LogP contribution in [0.1, 0.15) is 11.1 Å². The first-order valence-electron chi connectivity index (χ1n) is 5.61. The van der Waals surface area contributed by atoms with Crippen LogP contribution >= 0.6 is 0 Å². The van der Waals surface area contributed by atoms with Gasteiger partial charge in [-0.25, -0.2) is 8.42 Å². The maximum absolute atomic E-state index is 11.9. The third-order valence-electron chi connectivity index (χ3n) is 2.53. The summed E-state index contributed by atoms with van der Waals surface area (Å²) in [7, 11) is -4.09. The van der Waals surface area contributed by atoms with E-state index in [9.17, 15) is 28.1 Å². The molecule has 0 fully saturated rings. The van der Waals surface area contributed by atoms with E-state index in [1.165, 1.54) is 26.0 Å². The van der Waals surface area contributed by atoms with Crippen LogP contribution in [0.3, 0.4) is 0 Å². The Balaban J connectivity index is 3.26. The fourth-order valence-electron chi connectivity index (χ4n) is 1.91. The summed E-state index contributed by atoms with van der Waals surface area (Å²) >= 11 is 0. The Kier molecular flexibility index (Phi) is 4.63. The number of amides is 2. The number of aryl methyl sites for hydroxylation is 2. The lowest BCUT2D eigenvalue weighted by molar-refractivity contribution is -0.458. The quantitative estimate of drug-likeness (QED) is 0.444. The summed E-state index contributed by atoms with van der Waals surface area (Å²) in [6, 6.07) is 2.58. The summed E-state index contributed by atoms with van der Waals surface area (Å²) in [5.41, 5.74) is 5.41. The standard InChI is InChI=1S/C11H13N3O6S/c1-6-3-8(13-11(16)10(12)15)4-7(2)9(6)21(19,20)5-14(17)18/h3-4H,5H2,1-2H3,(H2,12,15)(H,13,16). The summed E-state index contributed by atoms with van der Waals surface area (Å²) in [4.78, 5) is 31.1. The minimum atomic E-state index is -4.09. The highest BCUT2D eigenvalue weighted by molar-refractivity contribution is 7.91. The van der Waals surface area contributed by atoms with Crippen LogP contribution in [-0.2, 0) is 19.4 Å². The Morgan fingerprint density at radius 2 is 1.76 bits per heavy atom. The monoisotopic (exact) mass is 315 g/mol. The number of carbonyl (C=O) groups is 2.